The van der Waals surface area contributed by atoms with E-state index in [4.69, 9.17) is 0 Å². The van der Waals surface area contributed by atoms with Crippen molar-refractivity contribution < 1.29 is 22.8 Å². The molecule has 2 atom stereocenters. The Morgan fingerprint density at radius 1 is 1.14 bits per heavy atom. The lowest BCUT2D eigenvalue weighted by Crippen LogP contribution is -2.43. The first-order valence-electron chi connectivity index (χ1n) is 11.2. The SMILES string of the molecule is CC(C(=O)Nc1cnccc1-c1ccc2c(c1)N(CC(F)(F)F)C(=O)C1=CN=NC12)c1ccccc1. The van der Waals surface area contributed by atoms with Gasteiger partial charge in [-0.1, -0.05) is 42.5 Å². The van der Waals surface area contributed by atoms with E-state index < -0.39 is 30.6 Å². The van der Waals surface area contributed by atoms with Gasteiger partial charge in [-0.3, -0.25) is 19.5 Å². The molecule has 0 radical (unpaired) electrons. The molecule has 0 saturated heterocycles. The molecule has 0 spiro atoms. The van der Waals surface area contributed by atoms with Crippen LogP contribution in [0.5, 0.6) is 0 Å². The fraction of sp³-hybridized carbons (Fsp3) is 0.192. The van der Waals surface area contributed by atoms with Gasteiger partial charge in [-0.15, -0.1) is 0 Å². The van der Waals surface area contributed by atoms with Crippen LogP contribution in [0.25, 0.3) is 11.1 Å². The average Bonchev–Trinajstić information content (AvgIpc) is 3.36. The Hall–Kier alpha value is -4.34. The molecule has 2 aromatic carbocycles. The number of aromatic nitrogens is 1. The molecule has 10 heteroatoms. The minimum atomic E-state index is -4.60. The van der Waals surface area contributed by atoms with Gasteiger partial charge in [0.25, 0.3) is 5.91 Å². The van der Waals surface area contributed by atoms with Gasteiger partial charge in [0, 0.05) is 17.3 Å². The molecular formula is C26H20F3N5O2. The highest BCUT2D eigenvalue weighted by molar-refractivity contribution is 6.10. The Bertz CT molecular complexity index is 1400. The smallest absolute Gasteiger partial charge is 0.324 e. The van der Waals surface area contributed by atoms with E-state index in [9.17, 15) is 22.8 Å². The molecule has 1 aromatic heterocycles. The van der Waals surface area contributed by atoms with Crippen molar-refractivity contribution in [3.05, 3.63) is 89.9 Å². The number of anilines is 2. The van der Waals surface area contributed by atoms with Gasteiger partial charge < -0.3 is 5.32 Å². The number of amides is 2. The zero-order chi connectivity index (χ0) is 25.4. The van der Waals surface area contributed by atoms with E-state index >= 15 is 0 Å². The number of carbonyl (C=O) groups excluding carboxylic acids is 2. The third-order valence-electron chi connectivity index (χ3n) is 6.20. The van der Waals surface area contributed by atoms with Crippen LogP contribution in [0.3, 0.4) is 0 Å². The summed E-state index contributed by atoms with van der Waals surface area (Å²) in [6.45, 7) is 0.336. The molecule has 3 aromatic rings. The quantitative estimate of drug-likeness (QED) is 0.490. The van der Waals surface area contributed by atoms with Gasteiger partial charge in [0.15, 0.2) is 0 Å². The fourth-order valence-corrected chi connectivity index (χ4v) is 4.35. The summed E-state index contributed by atoms with van der Waals surface area (Å²) >= 11 is 0. The van der Waals surface area contributed by atoms with Crippen molar-refractivity contribution in [2.24, 2.45) is 10.2 Å². The maximum absolute atomic E-state index is 13.4. The van der Waals surface area contributed by atoms with Crippen molar-refractivity contribution in [2.45, 2.75) is 25.1 Å². The molecule has 2 aliphatic rings. The number of halogens is 3. The number of hydrogen-bond donors (Lipinski definition) is 1. The Kier molecular flexibility index (Phi) is 5.87. The lowest BCUT2D eigenvalue weighted by atomic mass is 9.90. The van der Waals surface area contributed by atoms with Crippen LogP contribution < -0.4 is 10.2 Å². The van der Waals surface area contributed by atoms with Crippen molar-refractivity contribution in [1.82, 2.24) is 4.98 Å². The predicted octanol–water partition coefficient (Wildman–Crippen LogP) is 5.79. The van der Waals surface area contributed by atoms with Crippen LogP contribution in [0.1, 0.15) is 30.0 Å². The van der Waals surface area contributed by atoms with Gasteiger partial charge in [-0.2, -0.15) is 23.4 Å². The number of nitrogens with one attached hydrogen (secondary N) is 1. The Morgan fingerprint density at radius 3 is 2.67 bits per heavy atom. The number of hydrogen-bond acceptors (Lipinski definition) is 5. The molecule has 0 bridgehead atoms. The number of nitrogens with zero attached hydrogens (tertiary/aromatic N) is 4. The van der Waals surface area contributed by atoms with Gasteiger partial charge >= 0.3 is 6.18 Å². The minimum absolute atomic E-state index is 0.101. The summed E-state index contributed by atoms with van der Waals surface area (Å²) in [6.07, 6.45) is -0.394. The third-order valence-corrected chi connectivity index (χ3v) is 6.20. The molecular weight excluding hydrogens is 471 g/mol. The van der Waals surface area contributed by atoms with Crippen molar-refractivity contribution in [2.75, 3.05) is 16.8 Å². The number of alkyl halides is 3. The number of benzene rings is 2. The summed E-state index contributed by atoms with van der Waals surface area (Å²) in [5.41, 5.74) is 2.96. The molecule has 5 rings (SSSR count). The molecule has 0 saturated carbocycles. The monoisotopic (exact) mass is 491 g/mol. The van der Waals surface area contributed by atoms with Crippen LogP contribution in [0.2, 0.25) is 0 Å². The molecule has 7 nitrogen and oxygen atoms in total. The largest absolute Gasteiger partial charge is 0.406 e. The maximum atomic E-state index is 13.4. The number of fused-ring (bicyclic) bond motifs is 3. The summed E-state index contributed by atoms with van der Waals surface area (Å²) in [5, 5.41) is 10.7. The molecule has 2 aliphatic heterocycles. The maximum Gasteiger partial charge on any atom is 0.406 e. The Labute approximate surface area is 204 Å². The van der Waals surface area contributed by atoms with Crippen LogP contribution in [0.15, 0.2) is 89.0 Å². The van der Waals surface area contributed by atoms with Crippen molar-refractivity contribution in [1.29, 1.82) is 0 Å². The number of azo groups is 1. The summed E-state index contributed by atoms with van der Waals surface area (Å²) in [4.78, 5) is 30.7. The molecule has 0 fully saturated rings. The topological polar surface area (TPSA) is 87.0 Å². The summed E-state index contributed by atoms with van der Waals surface area (Å²) in [5.74, 6) is -1.49. The molecule has 2 amide bonds. The number of carbonyl (C=O) groups is 2. The molecule has 2 unspecified atom stereocenters. The first-order valence-corrected chi connectivity index (χ1v) is 11.2. The highest BCUT2D eigenvalue weighted by atomic mass is 19.4. The van der Waals surface area contributed by atoms with Crippen molar-refractivity contribution in [3.8, 4) is 11.1 Å². The molecule has 3 heterocycles. The second-order valence-corrected chi connectivity index (χ2v) is 8.54. The highest BCUT2D eigenvalue weighted by Crippen LogP contribution is 2.45. The summed E-state index contributed by atoms with van der Waals surface area (Å²) in [7, 11) is 0. The molecule has 0 aliphatic carbocycles. The molecule has 182 valence electrons. The number of rotatable bonds is 5. The first kappa shape index (κ1) is 23.4. The zero-order valence-corrected chi connectivity index (χ0v) is 19.0. The summed E-state index contributed by atoms with van der Waals surface area (Å²) in [6, 6.07) is 15.1. The van der Waals surface area contributed by atoms with Gasteiger partial charge in [0.2, 0.25) is 5.91 Å². The highest BCUT2D eigenvalue weighted by Gasteiger charge is 2.43. The van der Waals surface area contributed by atoms with Crippen LogP contribution in [0.4, 0.5) is 24.5 Å². The minimum Gasteiger partial charge on any atom is -0.324 e. The van der Waals surface area contributed by atoms with E-state index in [2.05, 4.69) is 20.5 Å². The normalized spacial score (nSPS) is 17.3. The van der Waals surface area contributed by atoms with Crippen LogP contribution in [-0.4, -0.2) is 29.5 Å². The molecule has 36 heavy (non-hydrogen) atoms. The van der Waals surface area contributed by atoms with Crippen LogP contribution in [0, 0.1) is 0 Å². The van der Waals surface area contributed by atoms with Gasteiger partial charge in [-0.05, 0) is 30.2 Å². The van der Waals surface area contributed by atoms with E-state index in [-0.39, 0.29) is 17.2 Å². The van der Waals surface area contributed by atoms with E-state index in [1.54, 1.807) is 25.1 Å². The lowest BCUT2D eigenvalue weighted by Gasteiger charge is -2.33. The van der Waals surface area contributed by atoms with E-state index in [1.807, 2.05) is 30.3 Å². The van der Waals surface area contributed by atoms with E-state index in [0.717, 1.165) is 5.56 Å². The summed E-state index contributed by atoms with van der Waals surface area (Å²) < 4.78 is 40.1. The van der Waals surface area contributed by atoms with Gasteiger partial charge in [0.1, 0.15) is 12.6 Å². The van der Waals surface area contributed by atoms with Crippen molar-refractivity contribution >= 4 is 23.2 Å². The first-order chi connectivity index (χ1) is 17.2. The molecule has 1 N–H and O–H groups in total. The fourth-order valence-electron chi connectivity index (χ4n) is 4.35. The lowest BCUT2D eigenvalue weighted by molar-refractivity contribution is -0.130. The van der Waals surface area contributed by atoms with E-state index in [1.165, 1.54) is 24.7 Å². The Morgan fingerprint density at radius 2 is 1.92 bits per heavy atom. The second kappa shape index (κ2) is 9.03. The average molecular weight is 491 g/mol. The number of pyridine rings is 1. The third kappa shape index (κ3) is 4.37. The second-order valence-electron chi connectivity index (χ2n) is 8.54. The van der Waals surface area contributed by atoms with Gasteiger partial charge in [-0.25, -0.2) is 0 Å². The van der Waals surface area contributed by atoms with E-state index in [0.29, 0.717) is 27.3 Å². The standard InChI is InChI=1S/C26H20F3N5O2/c1-15(16-5-3-2-4-6-16)24(35)32-21-13-30-10-9-18(21)17-7-8-19-22(11-17)34(14-26(27,28)29)25(36)20-12-31-33-23(19)20/h2-13,15,23H,14H2,1H3,(H,32,35). The zero-order valence-electron chi connectivity index (χ0n) is 19.0. The van der Waals surface area contributed by atoms with Crippen LogP contribution >= 0.6 is 0 Å². The van der Waals surface area contributed by atoms with Gasteiger partial charge in [0.05, 0.1) is 35.3 Å². The Balaban J connectivity index is 1.52. The predicted molar refractivity (Wildman–Crippen MR) is 127 cm³/mol. The van der Waals surface area contributed by atoms with Crippen LogP contribution in [-0.2, 0) is 9.59 Å². The van der Waals surface area contributed by atoms with Crippen molar-refractivity contribution in [3.63, 3.8) is 0 Å².